The van der Waals surface area contributed by atoms with Crippen molar-refractivity contribution in [3.8, 4) is 5.75 Å². The lowest BCUT2D eigenvalue weighted by Crippen LogP contribution is -2.47. The molecule has 4 atom stereocenters. The Hall–Kier alpha value is -3.32. The van der Waals surface area contributed by atoms with Crippen LogP contribution in [0.15, 0.2) is 30.5 Å². The molecule has 0 unspecified atom stereocenters. The van der Waals surface area contributed by atoms with Crippen LogP contribution in [0.1, 0.15) is 48.7 Å². The highest BCUT2D eigenvalue weighted by atomic mass is 19.4. The van der Waals surface area contributed by atoms with Crippen molar-refractivity contribution >= 4 is 17.5 Å². The first-order chi connectivity index (χ1) is 17.8. The number of methoxy groups -OCH3 is 1. The molecule has 2 aromatic rings. The van der Waals surface area contributed by atoms with Crippen molar-refractivity contribution in [2.45, 2.75) is 62.7 Å². The van der Waals surface area contributed by atoms with Gasteiger partial charge in [-0.2, -0.15) is 17.6 Å². The fraction of sp³-hybridized carbons (Fsp3) is 0.480. The van der Waals surface area contributed by atoms with Gasteiger partial charge in [-0.15, -0.1) is 0 Å². The number of amides is 2. The van der Waals surface area contributed by atoms with Gasteiger partial charge in [0.2, 0.25) is 5.82 Å². The highest BCUT2D eigenvalue weighted by Gasteiger charge is 2.66. The zero-order chi connectivity index (χ0) is 28.0. The normalized spacial score (nSPS) is 29.0. The maximum atomic E-state index is 15.0. The van der Waals surface area contributed by atoms with Crippen molar-refractivity contribution in [2.24, 2.45) is 11.7 Å². The number of nitrogens with one attached hydrogen (secondary N) is 1. The summed E-state index contributed by atoms with van der Waals surface area (Å²) in [7, 11) is 1.49. The molecule has 3 N–H and O–H groups in total. The summed E-state index contributed by atoms with van der Waals surface area (Å²) in [6, 6.07) is 4.31. The number of benzene rings is 1. The summed E-state index contributed by atoms with van der Waals surface area (Å²) in [5.41, 5.74) is 2.09. The van der Waals surface area contributed by atoms with Crippen molar-refractivity contribution < 1.29 is 45.8 Å². The number of hydrogen-bond donors (Lipinski definition) is 2. The summed E-state index contributed by atoms with van der Waals surface area (Å²) in [4.78, 5) is 28.5. The fourth-order valence-electron chi connectivity index (χ4n) is 4.78. The van der Waals surface area contributed by atoms with Crippen LogP contribution in [0.3, 0.4) is 0 Å². The number of carbonyl (C=O) groups is 2. The number of nitrogens with two attached hydrogens (primary N) is 1. The van der Waals surface area contributed by atoms with Crippen LogP contribution in [0, 0.1) is 17.6 Å². The van der Waals surface area contributed by atoms with Gasteiger partial charge in [-0.05, 0) is 25.1 Å². The monoisotopic (exact) mass is 543 g/mol. The summed E-state index contributed by atoms with van der Waals surface area (Å²) in [5, 5.41) is 2.41. The predicted molar refractivity (Wildman–Crippen MR) is 123 cm³/mol. The predicted octanol–water partition coefficient (Wildman–Crippen LogP) is 4.09. The Bertz CT molecular complexity index is 1240. The second kappa shape index (κ2) is 10.1. The Kier molecular flexibility index (Phi) is 7.36. The molecule has 38 heavy (non-hydrogen) atoms. The number of primary amides is 1. The quantitative estimate of drug-likeness (QED) is 0.509. The lowest BCUT2D eigenvalue weighted by atomic mass is 9.76. The van der Waals surface area contributed by atoms with E-state index in [1.54, 1.807) is 0 Å². The summed E-state index contributed by atoms with van der Waals surface area (Å²) >= 11 is 0. The molecule has 2 amide bonds. The SMILES string of the molecule is COC1CC(Oc2c([C@H]3[C@H](C(=O)Nc4ccnc(C(N)=O)c4)O[C@@](C)(C(F)(F)F)[C@H]3C)ccc(F)c2F)C1. The van der Waals surface area contributed by atoms with Crippen LogP contribution in [0.2, 0.25) is 0 Å². The van der Waals surface area contributed by atoms with Crippen LogP contribution in [-0.2, 0) is 14.3 Å². The summed E-state index contributed by atoms with van der Waals surface area (Å²) in [6.45, 7) is 2.02. The maximum absolute atomic E-state index is 15.0. The van der Waals surface area contributed by atoms with E-state index in [-0.39, 0.29) is 23.0 Å². The number of alkyl halides is 3. The van der Waals surface area contributed by atoms with Gasteiger partial charge in [0.25, 0.3) is 11.8 Å². The van der Waals surface area contributed by atoms with Crippen LogP contribution in [-0.4, -0.2) is 54.0 Å². The third-order valence-electron chi connectivity index (χ3n) is 7.32. The van der Waals surface area contributed by atoms with E-state index in [9.17, 15) is 27.2 Å². The molecule has 1 saturated heterocycles. The second-order valence-corrected chi connectivity index (χ2v) is 9.59. The molecule has 0 spiro atoms. The minimum Gasteiger partial charge on any atom is -0.487 e. The van der Waals surface area contributed by atoms with Gasteiger partial charge in [0, 0.05) is 49.2 Å². The van der Waals surface area contributed by atoms with Gasteiger partial charge in [0.1, 0.15) is 17.9 Å². The first kappa shape index (κ1) is 27.7. The number of pyridine rings is 1. The third kappa shape index (κ3) is 4.92. The number of ether oxygens (including phenoxy) is 3. The number of hydrogen-bond acceptors (Lipinski definition) is 6. The number of aromatic nitrogens is 1. The Morgan fingerprint density at radius 3 is 2.47 bits per heavy atom. The van der Waals surface area contributed by atoms with Gasteiger partial charge in [0.05, 0.1) is 6.10 Å². The minimum absolute atomic E-state index is 0.0243. The highest BCUT2D eigenvalue weighted by Crippen LogP contribution is 2.55. The highest BCUT2D eigenvalue weighted by molar-refractivity contribution is 5.97. The number of halogens is 5. The van der Waals surface area contributed by atoms with E-state index in [0.717, 1.165) is 25.1 Å². The van der Waals surface area contributed by atoms with Crippen molar-refractivity contribution in [1.82, 2.24) is 4.98 Å². The summed E-state index contributed by atoms with van der Waals surface area (Å²) in [5.74, 6) is -7.91. The molecule has 13 heteroatoms. The summed E-state index contributed by atoms with van der Waals surface area (Å²) in [6.07, 6.45) is -5.48. The molecule has 1 aliphatic heterocycles. The molecule has 2 fully saturated rings. The molecule has 0 radical (unpaired) electrons. The van der Waals surface area contributed by atoms with Crippen molar-refractivity contribution in [2.75, 3.05) is 12.4 Å². The molecule has 206 valence electrons. The van der Waals surface area contributed by atoms with Gasteiger partial charge in [-0.1, -0.05) is 13.0 Å². The molecule has 2 aliphatic rings. The summed E-state index contributed by atoms with van der Waals surface area (Å²) < 4.78 is 88.1. The standard InChI is InChI=1S/C25H26F5N3O5/c1-11-18(15-4-5-16(26)19(27)20(15)37-14-9-13(10-14)36-3)21(38-24(11,2)25(28,29)30)23(35)33-12-6-7-32-17(8-12)22(31)34/h4-8,11,13-14,18,21H,9-10H2,1-3H3,(H2,31,34)(H,32,33,35)/t11-,13?,14?,18-,21+,24+/m0/s1. The Balaban J connectivity index is 1.74. The molecular formula is C25H26F5N3O5. The van der Waals surface area contributed by atoms with E-state index < -0.39 is 65.0 Å². The molecule has 1 aromatic heterocycles. The van der Waals surface area contributed by atoms with E-state index in [2.05, 4.69) is 10.3 Å². The molecule has 1 saturated carbocycles. The largest absolute Gasteiger partial charge is 0.487 e. The van der Waals surface area contributed by atoms with Crippen LogP contribution in [0.25, 0.3) is 0 Å². The zero-order valence-corrected chi connectivity index (χ0v) is 20.6. The molecule has 4 rings (SSSR count). The van der Waals surface area contributed by atoms with E-state index in [4.69, 9.17) is 19.9 Å². The molecule has 1 aromatic carbocycles. The van der Waals surface area contributed by atoms with Crippen LogP contribution in [0.4, 0.5) is 27.6 Å². The van der Waals surface area contributed by atoms with Gasteiger partial charge < -0.3 is 25.3 Å². The van der Waals surface area contributed by atoms with Gasteiger partial charge >= 0.3 is 6.18 Å². The van der Waals surface area contributed by atoms with Gasteiger partial charge in [0.15, 0.2) is 17.2 Å². The lowest BCUT2D eigenvalue weighted by molar-refractivity contribution is -0.272. The van der Waals surface area contributed by atoms with Crippen LogP contribution in [0.5, 0.6) is 5.75 Å². The zero-order valence-electron chi connectivity index (χ0n) is 20.6. The van der Waals surface area contributed by atoms with Crippen LogP contribution < -0.4 is 15.8 Å². The van der Waals surface area contributed by atoms with E-state index in [1.807, 2.05) is 0 Å². The van der Waals surface area contributed by atoms with Crippen LogP contribution >= 0.6 is 0 Å². The Morgan fingerprint density at radius 2 is 1.87 bits per heavy atom. The minimum atomic E-state index is -4.91. The van der Waals surface area contributed by atoms with Crippen molar-refractivity contribution in [3.05, 3.63) is 53.4 Å². The number of rotatable bonds is 7. The Morgan fingerprint density at radius 1 is 1.18 bits per heavy atom. The molecule has 2 heterocycles. The van der Waals surface area contributed by atoms with E-state index in [0.29, 0.717) is 12.8 Å². The number of nitrogens with zero attached hydrogens (tertiary/aromatic N) is 1. The number of carbonyl (C=O) groups excluding carboxylic acids is 2. The number of anilines is 1. The first-order valence-electron chi connectivity index (χ1n) is 11.8. The second-order valence-electron chi connectivity index (χ2n) is 9.59. The maximum Gasteiger partial charge on any atom is 0.417 e. The lowest BCUT2D eigenvalue weighted by Gasteiger charge is -2.36. The molecule has 8 nitrogen and oxygen atoms in total. The van der Waals surface area contributed by atoms with Crippen molar-refractivity contribution in [3.63, 3.8) is 0 Å². The average Bonchev–Trinajstić information content (AvgIpc) is 3.10. The molecular weight excluding hydrogens is 517 g/mol. The fourth-order valence-corrected chi connectivity index (χ4v) is 4.78. The van der Waals surface area contributed by atoms with Gasteiger partial charge in [-0.3, -0.25) is 14.6 Å². The van der Waals surface area contributed by atoms with E-state index in [1.165, 1.54) is 26.3 Å². The average molecular weight is 543 g/mol. The van der Waals surface area contributed by atoms with Crippen molar-refractivity contribution in [1.29, 1.82) is 0 Å². The van der Waals surface area contributed by atoms with E-state index >= 15 is 4.39 Å². The molecule has 0 bridgehead atoms. The smallest absolute Gasteiger partial charge is 0.417 e. The molecule has 1 aliphatic carbocycles. The van der Waals surface area contributed by atoms with Gasteiger partial charge in [-0.25, -0.2) is 4.39 Å². The Labute approximate surface area is 214 Å². The third-order valence-corrected chi connectivity index (χ3v) is 7.32. The topological polar surface area (TPSA) is 113 Å². The first-order valence-corrected chi connectivity index (χ1v) is 11.8.